The summed E-state index contributed by atoms with van der Waals surface area (Å²) in [5.41, 5.74) is 8.81. The molecule has 180 valence electrons. The number of nitriles is 1. The normalized spacial score (nSPS) is 15.5. The van der Waals surface area contributed by atoms with Crippen LogP contribution in [0, 0.1) is 18.3 Å². The molecule has 0 bridgehead atoms. The van der Waals surface area contributed by atoms with Crippen molar-refractivity contribution in [2.24, 2.45) is 5.73 Å². The number of aryl methyl sites for hydroxylation is 2. The van der Waals surface area contributed by atoms with Gasteiger partial charge in [0.2, 0.25) is 10.1 Å². The highest BCUT2D eigenvalue weighted by atomic mass is 32.1. The molecule has 5 rings (SSSR count). The van der Waals surface area contributed by atoms with E-state index in [-0.39, 0.29) is 6.10 Å². The van der Waals surface area contributed by atoms with Gasteiger partial charge in [0.1, 0.15) is 22.7 Å². The fraction of sp³-hybridized carbons (Fsp3) is 0.348. The molecule has 10 nitrogen and oxygen atoms in total. The lowest BCUT2D eigenvalue weighted by Gasteiger charge is -2.16. The lowest BCUT2D eigenvalue weighted by atomic mass is 10.1. The topological polar surface area (TPSA) is 126 Å². The average Bonchev–Trinajstić information content (AvgIpc) is 3.60. The Hall–Kier alpha value is -3.69. The third-order valence-electron chi connectivity index (χ3n) is 5.92. The van der Waals surface area contributed by atoms with Crippen molar-refractivity contribution >= 4 is 49.8 Å². The number of fused-ring (bicyclic) bond motifs is 1. The molecule has 1 saturated heterocycles. The number of ether oxygens (including phenoxy) is 1. The van der Waals surface area contributed by atoms with Crippen LogP contribution in [0.25, 0.3) is 16.2 Å². The second-order valence-corrected chi connectivity index (χ2v) is 10.2. The highest BCUT2D eigenvalue weighted by molar-refractivity contribution is 7.20. The van der Waals surface area contributed by atoms with Gasteiger partial charge in [-0.1, -0.05) is 59.4 Å². The second-order valence-electron chi connectivity index (χ2n) is 8.32. The Morgan fingerprint density at radius 2 is 2.09 bits per heavy atom. The molecule has 12 heteroatoms. The Morgan fingerprint density at radius 3 is 2.77 bits per heavy atom. The van der Waals surface area contributed by atoms with E-state index in [0.29, 0.717) is 28.7 Å². The van der Waals surface area contributed by atoms with Crippen LogP contribution >= 0.6 is 22.7 Å². The molecule has 0 spiro atoms. The molecule has 1 aromatic carbocycles. The lowest BCUT2D eigenvalue weighted by Crippen LogP contribution is -2.27. The number of nitrogens with zero attached hydrogens (tertiary/aromatic N) is 7. The molecule has 0 saturated carbocycles. The summed E-state index contributed by atoms with van der Waals surface area (Å²) in [6, 6.07) is 10.3. The van der Waals surface area contributed by atoms with Crippen LogP contribution in [0.1, 0.15) is 29.5 Å². The maximum atomic E-state index is 11.1. The summed E-state index contributed by atoms with van der Waals surface area (Å²) < 4.78 is 6.99. The molecule has 1 fully saturated rings. The summed E-state index contributed by atoms with van der Waals surface area (Å²) in [6.45, 7) is 5.35. The van der Waals surface area contributed by atoms with Crippen LogP contribution in [-0.4, -0.2) is 51.9 Å². The zero-order valence-electron chi connectivity index (χ0n) is 19.6. The number of nitrogens with two attached hydrogens (primary N) is 1. The minimum atomic E-state index is -0.757. The van der Waals surface area contributed by atoms with Gasteiger partial charge in [-0.05, 0) is 13.3 Å². The van der Waals surface area contributed by atoms with Gasteiger partial charge in [-0.25, -0.2) is 14.8 Å². The van der Waals surface area contributed by atoms with Gasteiger partial charge in [-0.15, -0.1) is 5.10 Å². The van der Waals surface area contributed by atoms with Gasteiger partial charge in [-0.2, -0.15) is 9.78 Å². The van der Waals surface area contributed by atoms with E-state index in [2.05, 4.69) is 17.9 Å². The summed E-state index contributed by atoms with van der Waals surface area (Å²) >= 11 is 2.84. The van der Waals surface area contributed by atoms with E-state index >= 15 is 0 Å². The molecule has 4 heterocycles. The maximum Gasteiger partial charge on any atom is 0.404 e. The van der Waals surface area contributed by atoms with E-state index in [4.69, 9.17) is 25.5 Å². The molecule has 1 atom stereocenters. The number of imidazole rings is 1. The van der Waals surface area contributed by atoms with Gasteiger partial charge in [0, 0.05) is 25.6 Å². The second kappa shape index (κ2) is 9.16. The monoisotopic (exact) mass is 508 g/mol. The predicted octanol–water partition coefficient (Wildman–Crippen LogP) is 4.10. The molecule has 4 aromatic rings. The van der Waals surface area contributed by atoms with Gasteiger partial charge in [0.25, 0.3) is 0 Å². The van der Waals surface area contributed by atoms with Crippen molar-refractivity contribution in [1.29, 1.82) is 5.26 Å². The van der Waals surface area contributed by atoms with Crippen LogP contribution in [-0.2, 0) is 11.2 Å². The molecule has 1 amide bonds. The number of benzene rings is 1. The van der Waals surface area contributed by atoms with Crippen molar-refractivity contribution in [3.05, 3.63) is 40.4 Å². The Kier molecular flexibility index (Phi) is 6.04. The van der Waals surface area contributed by atoms with Crippen molar-refractivity contribution in [2.45, 2.75) is 32.8 Å². The maximum absolute atomic E-state index is 11.1. The number of hydrogen-bond acceptors (Lipinski definition) is 10. The standard InChI is InChI=1S/C23H24N8O2S2/c1-4-16-19(29(3)21-27-18(17(11-24)34-21)14-7-5-13(2)6-8-14)31-22(26-16)35-23(28-31)30-10-9-15(12-30)33-20(25)32/h5-8,15H,4,9-10,12H2,1-3H3,(H2,25,32). The Balaban J connectivity index is 1.49. The van der Waals surface area contributed by atoms with Crippen LogP contribution < -0.4 is 15.5 Å². The zero-order chi connectivity index (χ0) is 24.7. The number of aromatic nitrogens is 4. The number of carbonyl (C=O) groups is 1. The van der Waals surface area contributed by atoms with Crippen molar-refractivity contribution in [3.8, 4) is 17.3 Å². The molecule has 3 aromatic heterocycles. The first-order valence-electron chi connectivity index (χ1n) is 11.2. The molecular formula is C23H24N8O2S2. The molecule has 1 aliphatic heterocycles. The van der Waals surface area contributed by atoms with Crippen LogP contribution in [0.15, 0.2) is 24.3 Å². The first-order chi connectivity index (χ1) is 16.9. The highest BCUT2D eigenvalue weighted by Crippen LogP contribution is 2.38. The van der Waals surface area contributed by atoms with E-state index in [1.54, 1.807) is 0 Å². The minimum absolute atomic E-state index is 0.239. The first kappa shape index (κ1) is 23.1. The zero-order valence-corrected chi connectivity index (χ0v) is 21.2. The highest BCUT2D eigenvalue weighted by Gasteiger charge is 2.29. The third-order valence-corrected chi connectivity index (χ3v) is 7.92. The summed E-state index contributed by atoms with van der Waals surface area (Å²) in [5.74, 6) is 0.822. The van der Waals surface area contributed by atoms with E-state index in [1.165, 1.54) is 22.7 Å². The predicted molar refractivity (Wildman–Crippen MR) is 137 cm³/mol. The van der Waals surface area contributed by atoms with Crippen LogP contribution in [0.5, 0.6) is 0 Å². The summed E-state index contributed by atoms with van der Waals surface area (Å²) in [6.07, 6.45) is 0.435. The van der Waals surface area contributed by atoms with Gasteiger partial charge in [-0.3, -0.25) is 0 Å². The van der Waals surface area contributed by atoms with Gasteiger partial charge in [0.05, 0.1) is 12.2 Å². The number of hydrogen-bond donors (Lipinski definition) is 1. The minimum Gasteiger partial charge on any atom is -0.444 e. The van der Waals surface area contributed by atoms with Crippen molar-refractivity contribution < 1.29 is 9.53 Å². The van der Waals surface area contributed by atoms with E-state index in [9.17, 15) is 10.1 Å². The van der Waals surface area contributed by atoms with Gasteiger partial charge >= 0.3 is 6.09 Å². The smallest absolute Gasteiger partial charge is 0.404 e. The molecular weight excluding hydrogens is 484 g/mol. The van der Waals surface area contributed by atoms with Crippen LogP contribution in [0.3, 0.4) is 0 Å². The van der Waals surface area contributed by atoms with Crippen LogP contribution in [0.4, 0.5) is 20.9 Å². The number of anilines is 3. The third kappa shape index (κ3) is 4.28. The molecule has 0 aliphatic carbocycles. The number of rotatable bonds is 6. The van der Waals surface area contributed by atoms with Crippen LogP contribution in [0.2, 0.25) is 0 Å². The largest absolute Gasteiger partial charge is 0.444 e. The van der Waals surface area contributed by atoms with Gasteiger partial charge < -0.3 is 20.3 Å². The SMILES string of the molecule is CCc1nc2sc(N3CCC(OC(N)=O)C3)nn2c1N(C)c1nc(-c2ccc(C)cc2)c(C#N)s1. The Morgan fingerprint density at radius 1 is 1.31 bits per heavy atom. The Bertz CT molecular complexity index is 1430. The molecule has 2 N–H and O–H groups in total. The number of primary amides is 1. The number of thiazole rings is 1. The average molecular weight is 509 g/mol. The first-order valence-corrected chi connectivity index (χ1v) is 12.8. The van der Waals surface area contributed by atoms with Crippen molar-refractivity contribution in [1.82, 2.24) is 19.6 Å². The summed E-state index contributed by atoms with van der Waals surface area (Å²) in [7, 11) is 1.92. The van der Waals surface area contributed by atoms with E-state index in [1.807, 2.05) is 47.7 Å². The van der Waals surface area contributed by atoms with Crippen molar-refractivity contribution in [2.75, 3.05) is 29.9 Å². The molecule has 35 heavy (non-hydrogen) atoms. The molecule has 0 radical (unpaired) electrons. The summed E-state index contributed by atoms with van der Waals surface area (Å²) in [5, 5.41) is 16.1. The van der Waals surface area contributed by atoms with E-state index in [0.717, 1.165) is 45.7 Å². The Labute approximate surface area is 210 Å². The number of amides is 1. The quantitative estimate of drug-likeness (QED) is 0.413. The molecule has 1 unspecified atom stereocenters. The van der Waals surface area contributed by atoms with Crippen molar-refractivity contribution in [3.63, 3.8) is 0 Å². The lowest BCUT2D eigenvalue weighted by molar-refractivity contribution is 0.117. The number of carbonyl (C=O) groups excluding carboxylic acids is 1. The fourth-order valence-corrected chi connectivity index (χ4v) is 5.96. The molecule has 1 aliphatic rings. The van der Waals surface area contributed by atoms with Gasteiger partial charge in [0.15, 0.2) is 10.9 Å². The van der Waals surface area contributed by atoms with E-state index < -0.39 is 6.09 Å². The fourth-order valence-electron chi connectivity index (χ4n) is 4.16. The summed E-state index contributed by atoms with van der Waals surface area (Å²) in [4.78, 5) is 26.1.